The molecule has 0 fully saturated rings. The molecule has 3 nitrogen and oxygen atoms in total. The number of carbonyl (C=O) groups is 1. The number of hydrogen-bond acceptors (Lipinski definition) is 3. The molecule has 0 rings (SSSR count). The molecule has 0 aliphatic heterocycles. The molecule has 0 saturated heterocycles. The number of hydrogen-bond donors (Lipinski definition) is 0. The van der Waals surface area contributed by atoms with E-state index in [1.807, 2.05) is 13.0 Å². The van der Waals surface area contributed by atoms with Gasteiger partial charge >= 0.3 is 237 Å². The molecule has 0 amide bonds. The van der Waals surface area contributed by atoms with Crippen LogP contribution in [0.2, 0.25) is 49.6 Å². The van der Waals surface area contributed by atoms with E-state index in [1.54, 1.807) is 0 Å². The summed E-state index contributed by atoms with van der Waals surface area (Å²) in [6.45, 7) is 37.0. The zero-order chi connectivity index (χ0) is 34.4. The van der Waals surface area contributed by atoms with Gasteiger partial charge in [0.25, 0.3) is 0 Å². The van der Waals surface area contributed by atoms with E-state index < -0.39 is 35.0 Å². The Labute approximate surface area is 282 Å². The monoisotopic (exact) mass is 756 g/mol. The van der Waals surface area contributed by atoms with Crippen LogP contribution in [0.5, 0.6) is 0 Å². The summed E-state index contributed by atoms with van der Waals surface area (Å²) in [5, 5.41) is 0.295. The van der Waals surface area contributed by atoms with E-state index in [0.717, 1.165) is 12.2 Å². The first-order valence-corrected chi connectivity index (χ1v) is 31.5. The van der Waals surface area contributed by atoms with Crippen molar-refractivity contribution in [3.63, 3.8) is 0 Å². The van der Waals surface area contributed by atoms with Gasteiger partial charge in [0.1, 0.15) is 0 Å². The standard InChI is InChI=1S/C26H49O3Si2.3C4H9.Sn/c1-15-23(29-31(13,14)26(8,9)10)22(4)24(27)21(3)18-16-17-20(2)19-28-30(11,12)25(5,6)7;3*1-3-4-2;/h1,15-18,20,22-23H,19H2,2-14H3;3*1,3-4H2,2H3;/b15-1?,17-16+,21-18+;;;;/t20-,22-,23+;;;;/m0..../s1. The molecule has 0 N–H and O–H groups in total. The minimum absolute atomic E-state index is 0.0884. The molecule has 0 saturated carbocycles. The Morgan fingerprint density at radius 3 is 1.64 bits per heavy atom. The van der Waals surface area contributed by atoms with Gasteiger partial charge in [-0.1, -0.05) is 20.8 Å². The van der Waals surface area contributed by atoms with Gasteiger partial charge in [-0.05, 0) is 18.1 Å². The number of unbranched alkanes of at least 4 members (excludes halogenated alkanes) is 3. The third-order valence-electron chi connectivity index (χ3n) is 10.6. The average molecular weight is 756 g/mol. The van der Waals surface area contributed by atoms with Gasteiger partial charge in [-0.3, -0.25) is 0 Å². The minimum atomic E-state index is -2.53. The number of Topliss-reactive ketones (excluding diaryl/α,β-unsaturated/α-hetero) is 1. The topological polar surface area (TPSA) is 35.5 Å². The summed E-state index contributed by atoms with van der Waals surface area (Å²) in [4.78, 5) is 13.9. The Morgan fingerprint density at radius 1 is 0.773 bits per heavy atom. The number of rotatable bonds is 21. The summed E-state index contributed by atoms with van der Waals surface area (Å²) >= 11 is -2.53. The summed E-state index contributed by atoms with van der Waals surface area (Å²) in [5.41, 5.74) is 0.807. The van der Waals surface area contributed by atoms with Crippen LogP contribution in [-0.4, -0.2) is 53.5 Å². The SMILES string of the molecule is CCC[CH2][Sn](/[CH]=C/[C@@H](O[Si](C)(C)C(C)(C)C)[C@H](C)C(=O)/C(C)=C/C=C/[C@H](C)CO[Si](C)(C)C(C)(C)C)([CH2]CCC)[CH2]CCC. The third kappa shape index (κ3) is 15.3. The van der Waals surface area contributed by atoms with Crippen LogP contribution < -0.4 is 0 Å². The maximum absolute atomic E-state index is 13.9. The Hall–Kier alpha value is 0.0425. The molecule has 0 spiro atoms. The van der Waals surface area contributed by atoms with Gasteiger partial charge in [0, 0.05) is 0 Å². The zero-order valence-corrected chi connectivity index (χ0v) is 37.3. The molecule has 0 aromatic heterocycles. The number of ketones is 1. The molecule has 0 aromatic rings. The summed E-state index contributed by atoms with van der Waals surface area (Å²) < 4.78 is 20.5. The van der Waals surface area contributed by atoms with Crippen molar-refractivity contribution in [2.75, 3.05) is 6.61 Å². The second-order valence-corrected chi connectivity index (χ2v) is 39.4. The maximum atomic E-state index is 13.9. The molecule has 3 atom stereocenters. The van der Waals surface area contributed by atoms with Gasteiger partial charge in [-0.25, -0.2) is 0 Å². The van der Waals surface area contributed by atoms with E-state index in [9.17, 15) is 4.79 Å². The van der Waals surface area contributed by atoms with Crippen molar-refractivity contribution in [2.45, 2.75) is 177 Å². The van der Waals surface area contributed by atoms with Crippen molar-refractivity contribution >= 4 is 40.8 Å². The van der Waals surface area contributed by atoms with Crippen molar-refractivity contribution in [3.05, 3.63) is 34.0 Å². The van der Waals surface area contributed by atoms with E-state index >= 15 is 0 Å². The van der Waals surface area contributed by atoms with Gasteiger partial charge in [-0.15, -0.1) is 0 Å². The summed E-state index contributed by atoms with van der Waals surface area (Å²) in [6.07, 6.45) is 16.3. The van der Waals surface area contributed by atoms with E-state index in [4.69, 9.17) is 8.85 Å². The quantitative estimate of drug-likeness (QED) is 0.0665. The van der Waals surface area contributed by atoms with E-state index in [-0.39, 0.29) is 27.9 Å². The number of carbonyl (C=O) groups excluding carboxylic acids is 1. The summed E-state index contributed by atoms with van der Waals surface area (Å²) in [5.74, 6) is 0.287. The molecule has 0 aliphatic carbocycles. The molecule has 0 heterocycles. The van der Waals surface area contributed by atoms with Crippen LogP contribution in [0.15, 0.2) is 34.0 Å². The summed E-state index contributed by atoms with van der Waals surface area (Å²) in [7, 11) is -3.86. The molecular formula is C38H76O3Si2Sn. The molecule has 0 bridgehead atoms. The molecule has 0 radical (unpaired) electrons. The Morgan fingerprint density at radius 2 is 1.23 bits per heavy atom. The molecule has 0 aliphatic rings. The Kier molecular flexibility index (Phi) is 19.8. The van der Waals surface area contributed by atoms with Crippen LogP contribution in [0.4, 0.5) is 0 Å². The van der Waals surface area contributed by atoms with Crippen LogP contribution in [-0.2, 0) is 13.6 Å². The van der Waals surface area contributed by atoms with Crippen LogP contribution in [0.3, 0.4) is 0 Å². The van der Waals surface area contributed by atoms with Crippen molar-refractivity contribution in [2.24, 2.45) is 11.8 Å². The van der Waals surface area contributed by atoms with Gasteiger partial charge in [0.05, 0.1) is 0 Å². The molecule has 6 heteroatoms. The molecule has 258 valence electrons. The normalized spacial score (nSPS) is 16.6. The van der Waals surface area contributed by atoms with Crippen molar-refractivity contribution in [3.8, 4) is 0 Å². The predicted octanol–water partition coefficient (Wildman–Crippen LogP) is 12.7. The van der Waals surface area contributed by atoms with Gasteiger partial charge in [0.15, 0.2) is 8.32 Å². The zero-order valence-electron chi connectivity index (χ0n) is 32.4. The predicted molar refractivity (Wildman–Crippen MR) is 205 cm³/mol. The van der Waals surface area contributed by atoms with Gasteiger partial charge in [0.2, 0.25) is 0 Å². The van der Waals surface area contributed by atoms with Crippen LogP contribution in [0.1, 0.15) is 122 Å². The molecular weight excluding hydrogens is 679 g/mol. The number of allylic oxidation sites excluding steroid dienone is 3. The second kappa shape index (κ2) is 19.8. The molecule has 44 heavy (non-hydrogen) atoms. The van der Waals surface area contributed by atoms with Crippen LogP contribution in [0.25, 0.3) is 0 Å². The van der Waals surface area contributed by atoms with Gasteiger partial charge in [-0.2, -0.15) is 0 Å². The summed E-state index contributed by atoms with van der Waals surface area (Å²) in [6, 6.07) is 0. The third-order valence-corrected chi connectivity index (χ3v) is 33.7. The second-order valence-electron chi connectivity index (χ2n) is 16.8. The first kappa shape index (κ1) is 44.0. The van der Waals surface area contributed by atoms with E-state index in [1.165, 1.54) is 51.8 Å². The van der Waals surface area contributed by atoms with Crippen LogP contribution in [0, 0.1) is 11.8 Å². The average Bonchev–Trinajstić information content (AvgIpc) is 2.92. The van der Waals surface area contributed by atoms with Crippen LogP contribution >= 0.6 is 0 Å². The van der Waals surface area contributed by atoms with Crippen molar-refractivity contribution < 1.29 is 13.6 Å². The fourth-order valence-electron chi connectivity index (χ4n) is 4.93. The van der Waals surface area contributed by atoms with E-state index in [2.05, 4.69) is 125 Å². The first-order chi connectivity index (χ1) is 20.1. The fourth-order valence-corrected chi connectivity index (χ4v) is 21.7. The van der Waals surface area contributed by atoms with Gasteiger partial charge < -0.3 is 0 Å². The Balaban J connectivity index is 6.19. The van der Waals surface area contributed by atoms with E-state index in [0.29, 0.717) is 5.92 Å². The van der Waals surface area contributed by atoms with Crippen molar-refractivity contribution in [1.82, 2.24) is 0 Å². The fraction of sp³-hybridized carbons (Fsp3) is 0.816. The molecule has 0 aromatic carbocycles. The first-order valence-electron chi connectivity index (χ1n) is 18.0. The molecule has 0 unspecified atom stereocenters. The Bertz CT molecular complexity index is 900. The van der Waals surface area contributed by atoms with Crippen molar-refractivity contribution in [1.29, 1.82) is 0 Å².